The molecule has 3 saturated carbocycles. The monoisotopic (exact) mass is 494 g/mol. The third-order valence-electron chi connectivity index (χ3n) is 8.10. The number of amides is 2. The summed E-state index contributed by atoms with van der Waals surface area (Å²) in [6.45, 7) is 2.28. The summed E-state index contributed by atoms with van der Waals surface area (Å²) >= 11 is 6.48. The molecule has 0 aromatic carbocycles. The SMILES string of the molecule is CCC1CN(C2CC3CC3C2)C(=O)CN1C(=O)c1nn2c(C(F)(F)F)cc(C3CC3)cc2c1Cl. The maximum absolute atomic E-state index is 13.8. The Bertz CT molecular complexity index is 1180. The van der Waals surface area contributed by atoms with Gasteiger partial charge in [-0.15, -0.1) is 0 Å². The van der Waals surface area contributed by atoms with Crippen molar-refractivity contribution in [2.24, 2.45) is 11.8 Å². The molecular formula is C24H26ClF3N4O2. The molecule has 4 fully saturated rings. The van der Waals surface area contributed by atoms with Crippen molar-refractivity contribution >= 4 is 28.9 Å². The average Bonchev–Trinajstić information content (AvgIpc) is 3.72. The molecule has 0 N–H and O–H groups in total. The van der Waals surface area contributed by atoms with Crippen molar-refractivity contribution in [1.29, 1.82) is 0 Å². The third-order valence-corrected chi connectivity index (χ3v) is 8.48. The average molecular weight is 495 g/mol. The molecule has 3 heterocycles. The number of halogens is 4. The summed E-state index contributed by atoms with van der Waals surface area (Å²) in [5.41, 5.74) is -0.544. The number of carbonyl (C=O) groups is 2. The van der Waals surface area contributed by atoms with Gasteiger partial charge in [0, 0.05) is 18.6 Å². The Morgan fingerprint density at radius 1 is 1.18 bits per heavy atom. The molecule has 34 heavy (non-hydrogen) atoms. The highest BCUT2D eigenvalue weighted by Crippen LogP contribution is 2.53. The first-order valence-corrected chi connectivity index (χ1v) is 12.4. The molecular weight excluding hydrogens is 469 g/mol. The zero-order valence-corrected chi connectivity index (χ0v) is 19.6. The second-order valence-electron chi connectivity index (χ2n) is 10.3. The van der Waals surface area contributed by atoms with Crippen LogP contribution in [-0.2, 0) is 11.0 Å². The molecule has 2 aromatic rings. The van der Waals surface area contributed by atoms with E-state index in [1.807, 2.05) is 11.8 Å². The molecule has 2 aromatic heterocycles. The van der Waals surface area contributed by atoms with E-state index in [1.165, 1.54) is 11.3 Å². The Hall–Kier alpha value is -2.29. The van der Waals surface area contributed by atoms with Gasteiger partial charge in [0.25, 0.3) is 5.91 Å². The van der Waals surface area contributed by atoms with E-state index in [9.17, 15) is 22.8 Å². The van der Waals surface area contributed by atoms with Crippen LogP contribution in [0, 0.1) is 11.8 Å². The van der Waals surface area contributed by atoms with Crippen LogP contribution in [0.15, 0.2) is 12.1 Å². The Morgan fingerprint density at radius 3 is 2.50 bits per heavy atom. The second-order valence-corrected chi connectivity index (χ2v) is 10.7. The lowest BCUT2D eigenvalue weighted by molar-refractivity contribution is -0.142. The van der Waals surface area contributed by atoms with Crippen LogP contribution in [-0.4, -0.2) is 56.4 Å². The minimum Gasteiger partial charge on any atom is -0.336 e. The van der Waals surface area contributed by atoms with Crippen molar-refractivity contribution in [3.05, 3.63) is 34.1 Å². The number of hydrogen-bond donors (Lipinski definition) is 0. The van der Waals surface area contributed by atoms with Gasteiger partial charge in [-0.25, -0.2) is 4.52 Å². The summed E-state index contributed by atoms with van der Waals surface area (Å²) in [4.78, 5) is 29.9. The highest BCUT2D eigenvalue weighted by atomic mass is 35.5. The maximum Gasteiger partial charge on any atom is 0.433 e. The summed E-state index contributed by atoms with van der Waals surface area (Å²) in [6, 6.07) is 2.71. The molecule has 10 heteroatoms. The van der Waals surface area contributed by atoms with Gasteiger partial charge in [0.15, 0.2) is 5.69 Å². The lowest BCUT2D eigenvalue weighted by atomic mass is 10.0. The van der Waals surface area contributed by atoms with Crippen molar-refractivity contribution in [3.63, 3.8) is 0 Å². The Labute approximate surface area is 200 Å². The van der Waals surface area contributed by atoms with E-state index in [0.29, 0.717) is 18.5 Å². The zero-order chi connectivity index (χ0) is 23.9. The van der Waals surface area contributed by atoms with Gasteiger partial charge in [-0.2, -0.15) is 18.3 Å². The molecule has 3 aliphatic carbocycles. The minimum absolute atomic E-state index is 0.0740. The van der Waals surface area contributed by atoms with Crippen molar-refractivity contribution in [3.8, 4) is 0 Å². The van der Waals surface area contributed by atoms with Gasteiger partial charge in [-0.3, -0.25) is 9.59 Å². The molecule has 1 aliphatic heterocycles. The number of carbonyl (C=O) groups excluding carboxylic acids is 2. The molecule has 0 spiro atoms. The third kappa shape index (κ3) is 3.58. The van der Waals surface area contributed by atoms with Crippen molar-refractivity contribution in [2.45, 2.75) is 69.6 Å². The molecule has 4 aliphatic rings. The summed E-state index contributed by atoms with van der Waals surface area (Å²) in [6.07, 6.45) is 0.963. The quantitative estimate of drug-likeness (QED) is 0.616. The number of piperazine rings is 1. The van der Waals surface area contributed by atoms with Gasteiger partial charge in [0.05, 0.1) is 10.5 Å². The number of nitrogens with zero attached hydrogens (tertiary/aromatic N) is 4. The van der Waals surface area contributed by atoms with Gasteiger partial charge >= 0.3 is 6.18 Å². The number of pyridine rings is 1. The topological polar surface area (TPSA) is 57.9 Å². The molecule has 2 amide bonds. The van der Waals surface area contributed by atoms with E-state index in [2.05, 4.69) is 5.10 Å². The molecule has 182 valence electrons. The van der Waals surface area contributed by atoms with Crippen LogP contribution in [0.25, 0.3) is 5.52 Å². The first-order chi connectivity index (χ1) is 16.2. The van der Waals surface area contributed by atoms with E-state index >= 15 is 0 Å². The fourth-order valence-electron chi connectivity index (χ4n) is 5.94. The van der Waals surface area contributed by atoms with Gasteiger partial charge in [-0.05, 0) is 74.0 Å². The molecule has 0 radical (unpaired) electrons. The van der Waals surface area contributed by atoms with Crippen molar-refractivity contribution < 1.29 is 22.8 Å². The summed E-state index contributed by atoms with van der Waals surface area (Å²) in [7, 11) is 0. The largest absolute Gasteiger partial charge is 0.433 e. The van der Waals surface area contributed by atoms with Crippen molar-refractivity contribution in [1.82, 2.24) is 19.4 Å². The molecule has 6 nitrogen and oxygen atoms in total. The van der Waals surface area contributed by atoms with Crippen LogP contribution in [0.3, 0.4) is 0 Å². The van der Waals surface area contributed by atoms with Crippen LogP contribution < -0.4 is 0 Å². The molecule has 3 unspecified atom stereocenters. The van der Waals surface area contributed by atoms with E-state index in [-0.39, 0.29) is 46.7 Å². The first kappa shape index (κ1) is 22.2. The van der Waals surface area contributed by atoms with Gasteiger partial charge in [0.2, 0.25) is 5.91 Å². The number of fused-ring (bicyclic) bond motifs is 2. The van der Waals surface area contributed by atoms with Gasteiger partial charge in [-0.1, -0.05) is 18.5 Å². The number of rotatable bonds is 4. The van der Waals surface area contributed by atoms with Crippen LogP contribution in [0.1, 0.15) is 73.1 Å². The summed E-state index contributed by atoms with van der Waals surface area (Å²) in [5.74, 6) is 0.837. The molecule has 6 rings (SSSR count). The first-order valence-electron chi connectivity index (χ1n) is 12.1. The smallest absolute Gasteiger partial charge is 0.336 e. The standard InChI is InChI=1S/C24H26ClF3N4O2/c1-2-16-10-30(17-6-13-5-14(13)7-17)20(33)11-31(16)23(34)22-21(25)18-8-15(12-3-4-12)9-19(24(26,27)28)32(18)29-22/h8-9,12-14,16-17H,2-7,10-11H2,1H3. The van der Waals surface area contributed by atoms with Crippen LogP contribution in [0.4, 0.5) is 13.2 Å². The maximum atomic E-state index is 13.8. The Balaban J connectivity index is 1.32. The Morgan fingerprint density at radius 2 is 1.88 bits per heavy atom. The fraction of sp³-hybridized carbons (Fsp3) is 0.625. The Kier molecular flexibility index (Phi) is 4.96. The number of hydrogen-bond acceptors (Lipinski definition) is 3. The highest BCUT2D eigenvalue weighted by molar-refractivity contribution is 6.36. The minimum atomic E-state index is -4.64. The molecule has 3 atom stereocenters. The van der Waals surface area contributed by atoms with Crippen LogP contribution in [0.5, 0.6) is 0 Å². The van der Waals surface area contributed by atoms with Crippen molar-refractivity contribution in [2.75, 3.05) is 13.1 Å². The number of aromatic nitrogens is 2. The predicted octanol–water partition coefficient (Wildman–Crippen LogP) is 4.75. The second kappa shape index (κ2) is 7.60. The zero-order valence-electron chi connectivity index (χ0n) is 18.8. The van der Waals surface area contributed by atoms with Crippen LogP contribution in [0.2, 0.25) is 5.02 Å². The van der Waals surface area contributed by atoms with E-state index in [4.69, 9.17) is 11.6 Å². The molecule has 0 bridgehead atoms. The fourth-order valence-corrected chi connectivity index (χ4v) is 6.19. The van der Waals surface area contributed by atoms with E-state index in [1.54, 1.807) is 6.07 Å². The van der Waals surface area contributed by atoms with Crippen LogP contribution >= 0.6 is 11.6 Å². The summed E-state index contributed by atoms with van der Waals surface area (Å²) < 4.78 is 42.2. The number of alkyl halides is 3. The van der Waals surface area contributed by atoms with E-state index in [0.717, 1.165) is 48.1 Å². The normalized spacial score (nSPS) is 29.1. The lowest BCUT2D eigenvalue weighted by Gasteiger charge is -2.43. The van der Waals surface area contributed by atoms with E-state index < -0.39 is 17.8 Å². The van der Waals surface area contributed by atoms with Gasteiger partial charge in [0.1, 0.15) is 12.2 Å². The predicted molar refractivity (Wildman–Crippen MR) is 119 cm³/mol. The highest BCUT2D eigenvalue weighted by Gasteiger charge is 2.50. The molecule has 1 saturated heterocycles. The summed E-state index contributed by atoms with van der Waals surface area (Å²) in [5, 5.41) is 3.93. The lowest BCUT2D eigenvalue weighted by Crippen LogP contribution is -2.60. The van der Waals surface area contributed by atoms with Gasteiger partial charge < -0.3 is 9.80 Å².